The van der Waals surface area contributed by atoms with Gasteiger partial charge in [0.05, 0.1) is 16.8 Å². The van der Waals surface area contributed by atoms with Crippen molar-refractivity contribution >= 4 is 39.8 Å². The number of anilines is 2. The largest absolute Gasteiger partial charge is 0.370 e. The summed E-state index contributed by atoms with van der Waals surface area (Å²) in [4.78, 5) is 19.4. The highest BCUT2D eigenvalue weighted by molar-refractivity contribution is 6.31. The van der Waals surface area contributed by atoms with Crippen LogP contribution in [0.5, 0.6) is 0 Å². The zero-order valence-corrected chi connectivity index (χ0v) is 17.6. The van der Waals surface area contributed by atoms with Crippen LogP contribution in [-0.4, -0.2) is 24.0 Å². The van der Waals surface area contributed by atoms with Gasteiger partial charge in [-0.1, -0.05) is 36.7 Å². The monoisotopic (exact) mass is 418 g/mol. The number of rotatable bonds is 4. The minimum atomic E-state index is -0.0478. The fourth-order valence-corrected chi connectivity index (χ4v) is 4.30. The lowest BCUT2D eigenvalue weighted by Crippen LogP contribution is -2.38. The van der Waals surface area contributed by atoms with E-state index in [0.29, 0.717) is 23.7 Å². The summed E-state index contributed by atoms with van der Waals surface area (Å²) in [5.74, 6) is 0.0204. The number of piperidine rings is 1. The SMILES string of the molecule is CCc1ccccc1NC(=O)C1CCN(c2c(C#N)cnc3ccc(Cl)cc23)CC1. The van der Waals surface area contributed by atoms with Crippen molar-refractivity contribution in [2.24, 2.45) is 5.92 Å². The molecule has 3 aromatic rings. The van der Waals surface area contributed by atoms with Crippen molar-refractivity contribution in [2.75, 3.05) is 23.3 Å². The van der Waals surface area contributed by atoms with E-state index in [0.717, 1.165) is 47.1 Å². The number of hydrogen-bond donors (Lipinski definition) is 1. The maximum atomic E-state index is 12.8. The summed E-state index contributed by atoms with van der Waals surface area (Å²) in [7, 11) is 0. The van der Waals surface area contributed by atoms with Crippen LogP contribution < -0.4 is 10.2 Å². The van der Waals surface area contributed by atoms with Gasteiger partial charge in [-0.2, -0.15) is 5.26 Å². The number of carbonyl (C=O) groups excluding carboxylic acids is 1. The third-order valence-electron chi connectivity index (χ3n) is 5.76. The highest BCUT2D eigenvalue weighted by Gasteiger charge is 2.27. The van der Waals surface area contributed by atoms with Gasteiger partial charge in [-0.3, -0.25) is 9.78 Å². The van der Waals surface area contributed by atoms with Crippen molar-refractivity contribution in [2.45, 2.75) is 26.2 Å². The van der Waals surface area contributed by atoms with Gasteiger partial charge < -0.3 is 10.2 Å². The molecule has 1 fully saturated rings. The second kappa shape index (κ2) is 8.73. The van der Waals surface area contributed by atoms with E-state index >= 15 is 0 Å². The molecule has 1 aliphatic rings. The van der Waals surface area contributed by atoms with Crippen molar-refractivity contribution in [3.05, 3.63) is 64.8 Å². The lowest BCUT2D eigenvalue weighted by Gasteiger charge is -2.34. The molecule has 0 saturated carbocycles. The predicted molar refractivity (Wildman–Crippen MR) is 121 cm³/mol. The second-order valence-corrected chi connectivity index (χ2v) is 7.99. The maximum Gasteiger partial charge on any atom is 0.227 e. The van der Waals surface area contributed by atoms with E-state index < -0.39 is 0 Å². The molecule has 0 bridgehead atoms. The van der Waals surface area contributed by atoms with E-state index in [1.807, 2.05) is 36.4 Å². The normalized spacial score (nSPS) is 14.5. The Morgan fingerprint density at radius 2 is 2.03 bits per heavy atom. The van der Waals surface area contributed by atoms with Crippen molar-refractivity contribution in [3.8, 4) is 6.07 Å². The number of pyridine rings is 1. The molecule has 0 radical (unpaired) electrons. The Balaban J connectivity index is 1.52. The van der Waals surface area contributed by atoms with Gasteiger partial charge in [0.15, 0.2) is 0 Å². The molecular weight excluding hydrogens is 396 g/mol. The summed E-state index contributed by atoms with van der Waals surface area (Å²) < 4.78 is 0. The molecule has 6 heteroatoms. The minimum absolute atomic E-state index is 0.0478. The van der Waals surface area contributed by atoms with Crippen molar-refractivity contribution in [1.29, 1.82) is 5.26 Å². The first kappa shape index (κ1) is 20.2. The molecule has 5 nitrogen and oxygen atoms in total. The number of aromatic nitrogens is 1. The number of hydrogen-bond acceptors (Lipinski definition) is 4. The van der Waals surface area contributed by atoms with E-state index in [1.54, 1.807) is 12.3 Å². The Hall–Kier alpha value is -3.10. The molecule has 2 heterocycles. The molecule has 1 amide bonds. The summed E-state index contributed by atoms with van der Waals surface area (Å²) in [6, 6.07) is 15.7. The summed E-state index contributed by atoms with van der Waals surface area (Å²) in [5.41, 5.74) is 4.24. The molecule has 30 heavy (non-hydrogen) atoms. The van der Waals surface area contributed by atoms with Crippen molar-refractivity contribution in [1.82, 2.24) is 4.98 Å². The molecule has 4 rings (SSSR count). The lowest BCUT2D eigenvalue weighted by molar-refractivity contribution is -0.120. The van der Waals surface area contributed by atoms with Gasteiger partial charge >= 0.3 is 0 Å². The van der Waals surface area contributed by atoms with E-state index in [2.05, 4.69) is 28.2 Å². The molecule has 0 atom stereocenters. The molecule has 0 unspecified atom stereocenters. The Kier molecular flexibility index (Phi) is 5.87. The fraction of sp³-hybridized carbons (Fsp3) is 0.292. The number of carbonyl (C=O) groups is 1. The van der Waals surface area contributed by atoms with Gasteiger partial charge in [0, 0.05) is 41.3 Å². The number of amides is 1. The van der Waals surface area contributed by atoms with Gasteiger partial charge in [-0.25, -0.2) is 0 Å². The van der Waals surface area contributed by atoms with Gasteiger partial charge in [-0.05, 0) is 49.1 Å². The average Bonchev–Trinajstić information content (AvgIpc) is 2.78. The highest BCUT2D eigenvalue weighted by atomic mass is 35.5. The molecule has 1 N–H and O–H groups in total. The Morgan fingerprint density at radius 3 is 2.77 bits per heavy atom. The minimum Gasteiger partial charge on any atom is -0.370 e. The van der Waals surface area contributed by atoms with Crippen LogP contribution in [0.2, 0.25) is 5.02 Å². The van der Waals surface area contributed by atoms with Crippen LogP contribution in [0.25, 0.3) is 10.9 Å². The summed E-state index contributed by atoms with van der Waals surface area (Å²) in [6.45, 7) is 3.49. The standard InChI is InChI=1S/C24H23ClN4O/c1-2-16-5-3-4-6-21(16)28-24(30)17-9-11-29(12-10-17)23-18(14-26)15-27-22-8-7-19(25)13-20(22)23/h3-8,13,15,17H,2,9-12H2,1H3,(H,28,30). The molecule has 152 valence electrons. The highest BCUT2D eigenvalue weighted by Crippen LogP contribution is 2.34. The molecule has 0 aliphatic carbocycles. The number of para-hydroxylation sites is 1. The quantitative estimate of drug-likeness (QED) is 0.634. The number of benzene rings is 2. The smallest absolute Gasteiger partial charge is 0.227 e. The Bertz CT molecular complexity index is 1130. The topological polar surface area (TPSA) is 69.0 Å². The summed E-state index contributed by atoms with van der Waals surface area (Å²) in [6.07, 6.45) is 3.96. The number of nitriles is 1. The molecule has 1 saturated heterocycles. The Morgan fingerprint density at radius 1 is 1.27 bits per heavy atom. The zero-order valence-electron chi connectivity index (χ0n) is 16.9. The van der Waals surface area contributed by atoms with E-state index in [-0.39, 0.29) is 11.8 Å². The number of fused-ring (bicyclic) bond motifs is 1. The molecule has 1 aliphatic heterocycles. The summed E-state index contributed by atoms with van der Waals surface area (Å²) >= 11 is 6.21. The fourth-order valence-electron chi connectivity index (χ4n) is 4.12. The Labute approximate surface area is 181 Å². The predicted octanol–water partition coefficient (Wildman–Crippen LogP) is 5.18. The first-order chi connectivity index (χ1) is 14.6. The van der Waals surface area contributed by atoms with Crippen LogP contribution >= 0.6 is 11.6 Å². The van der Waals surface area contributed by atoms with Crippen molar-refractivity contribution < 1.29 is 4.79 Å². The van der Waals surface area contributed by atoms with Crippen LogP contribution in [0, 0.1) is 17.2 Å². The molecule has 1 aromatic heterocycles. The van der Waals surface area contributed by atoms with Gasteiger partial charge in [0.1, 0.15) is 6.07 Å². The third-order valence-corrected chi connectivity index (χ3v) is 6.00. The van der Waals surface area contributed by atoms with Gasteiger partial charge in [0.25, 0.3) is 0 Å². The number of halogens is 1. The third kappa shape index (κ3) is 3.96. The average molecular weight is 419 g/mol. The van der Waals surface area contributed by atoms with Crippen LogP contribution in [0.4, 0.5) is 11.4 Å². The maximum absolute atomic E-state index is 12.8. The van der Waals surface area contributed by atoms with Crippen molar-refractivity contribution in [3.63, 3.8) is 0 Å². The number of nitrogens with zero attached hydrogens (tertiary/aromatic N) is 3. The molecular formula is C24H23ClN4O. The number of aryl methyl sites for hydroxylation is 1. The zero-order chi connectivity index (χ0) is 21.1. The van der Waals surface area contributed by atoms with Crippen LogP contribution in [0.1, 0.15) is 30.9 Å². The second-order valence-electron chi connectivity index (χ2n) is 7.56. The van der Waals surface area contributed by atoms with E-state index in [9.17, 15) is 10.1 Å². The van der Waals surface area contributed by atoms with E-state index in [1.165, 1.54) is 0 Å². The van der Waals surface area contributed by atoms with Crippen LogP contribution in [0.15, 0.2) is 48.7 Å². The van der Waals surface area contributed by atoms with Gasteiger partial charge in [-0.15, -0.1) is 0 Å². The number of nitrogens with one attached hydrogen (secondary N) is 1. The summed E-state index contributed by atoms with van der Waals surface area (Å²) in [5, 5.41) is 14.2. The lowest BCUT2D eigenvalue weighted by atomic mass is 9.94. The molecule has 2 aromatic carbocycles. The molecule has 0 spiro atoms. The van der Waals surface area contributed by atoms with Crippen LogP contribution in [0.3, 0.4) is 0 Å². The van der Waals surface area contributed by atoms with Crippen LogP contribution in [-0.2, 0) is 11.2 Å². The first-order valence-electron chi connectivity index (χ1n) is 10.2. The first-order valence-corrected chi connectivity index (χ1v) is 10.6. The van der Waals surface area contributed by atoms with E-state index in [4.69, 9.17) is 11.6 Å². The van der Waals surface area contributed by atoms with Gasteiger partial charge in [0.2, 0.25) is 5.91 Å².